The van der Waals surface area contributed by atoms with Gasteiger partial charge < -0.3 is 4.74 Å². The van der Waals surface area contributed by atoms with E-state index in [1.165, 1.54) is 23.9 Å². The van der Waals surface area contributed by atoms with Gasteiger partial charge in [0, 0.05) is 22.6 Å². The predicted molar refractivity (Wildman–Crippen MR) is 121 cm³/mol. The second-order valence-corrected chi connectivity index (χ2v) is 8.34. The summed E-state index contributed by atoms with van der Waals surface area (Å²) in [6.07, 6.45) is 0. The highest BCUT2D eigenvalue weighted by Gasteiger charge is 2.21. The van der Waals surface area contributed by atoms with Crippen LogP contribution in [-0.2, 0) is 5.75 Å². The van der Waals surface area contributed by atoms with Gasteiger partial charge in [0.1, 0.15) is 11.6 Å². The number of carbonyl (C=O) groups excluding carboxylic acids is 1. The molecular formula is C23H27FN4O2S. The van der Waals surface area contributed by atoms with E-state index in [0.717, 1.165) is 22.8 Å². The van der Waals surface area contributed by atoms with E-state index in [0.29, 0.717) is 23.1 Å². The van der Waals surface area contributed by atoms with Gasteiger partial charge in [-0.25, -0.2) is 4.39 Å². The minimum absolute atomic E-state index is 0.00544. The summed E-state index contributed by atoms with van der Waals surface area (Å²) in [6, 6.07) is 11.8. The predicted octanol–water partition coefficient (Wildman–Crippen LogP) is 4.92. The summed E-state index contributed by atoms with van der Waals surface area (Å²) in [5, 5.41) is 9.52. The third-order valence-electron chi connectivity index (χ3n) is 5.02. The van der Waals surface area contributed by atoms with Crippen molar-refractivity contribution < 1.29 is 13.9 Å². The van der Waals surface area contributed by atoms with Crippen molar-refractivity contribution in [3.8, 4) is 11.4 Å². The Labute approximate surface area is 186 Å². The zero-order valence-corrected chi connectivity index (χ0v) is 19.2. The standard InChI is InChI=1S/C23H27FN4O2S/c1-6-30-21-12-7-17(16(3)29)13-18(21)14-31-23-26-25-22(15(2)27(4)5)28(23)20-10-8-19(24)9-11-20/h7-13,15H,6,14H2,1-5H3/t15-/m0/s1. The van der Waals surface area contributed by atoms with Gasteiger partial charge >= 0.3 is 0 Å². The molecule has 0 N–H and O–H groups in total. The maximum absolute atomic E-state index is 13.5. The number of rotatable bonds is 9. The van der Waals surface area contributed by atoms with Gasteiger partial charge in [0.15, 0.2) is 16.8 Å². The number of ether oxygens (including phenoxy) is 1. The van der Waals surface area contributed by atoms with Gasteiger partial charge in [-0.1, -0.05) is 11.8 Å². The van der Waals surface area contributed by atoms with Crippen molar-refractivity contribution in [1.29, 1.82) is 0 Å². The van der Waals surface area contributed by atoms with Crippen molar-refractivity contribution in [2.24, 2.45) is 0 Å². The van der Waals surface area contributed by atoms with Gasteiger partial charge in [0.25, 0.3) is 0 Å². The molecule has 3 aromatic rings. The van der Waals surface area contributed by atoms with Gasteiger partial charge in [0.05, 0.1) is 12.6 Å². The molecule has 0 aliphatic carbocycles. The fourth-order valence-electron chi connectivity index (χ4n) is 3.06. The third kappa shape index (κ3) is 5.32. The van der Waals surface area contributed by atoms with E-state index in [-0.39, 0.29) is 17.6 Å². The molecule has 0 saturated carbocycles. The zero-order valence-electron chi connectivity index (χ0n) is 18.4. The van der Waals surface area contributed by atoms with Crippen LogP contribution in [0.15, 0.2) is 47.6 Å². The maximum Gasteiger partial charge on any atom is 0.196 e. The average Bonchev–Trinajstić information content (AvgIpc) is 3.16. The average molecular weight is 443 g/mol. The van der Waals surface area contributed by atoms with E-state index in [4.69, 9.17) is 4.74 Å². The fraction of sp³-hybridized carbons (Fsp3) is 0.348. The Morgan fingerprint density at radius 1 is 1.19 bits per heavy atom. The molecule has 1 aromatic heterocycles. The highest BCUT2D eigenvalue weighted by molar-refractivity contribution is 7.98. The Hall–Kier alpha value is -2.71. The first-order chi connectivity index (χ1) is 14.8. The first-order valence-corrected chi connectivity index (χ1v) is 11.1. The van der Waals surface area contributed by atoms with Crippen molar-refractivity contribution in [3.05, 3.63) is 65.2 Å². The van der Waals surface area contributed by atoms with Gasteiger partial charge in [-0.3, -0.25) is 14.3 Å². The molecule has 0 aliphatic rings. The molecule has 6 nitrogen and oxygen atoms in total. The molecule has 0 spiro atoms. The number of hydrogen-bond acceptors (Lipinski definition) is 6. The van der Waals surface area contributed by atoms with Crippen molar-refractivity contribution in [1.82, 2.24) is 19.7 Å². The number of carbonyl (C=O) groups is 1. The molecule has 0 radical (unpaired) electrons. The van der Waals surface area contributed by atoms with Crippen LogP contribution < -0.4 is 4.74 Å². The summed E-state index contributed by atoms with van der Waals surface area (Å²) >= 11 is 1.50. The number of thioether (sulfide) groups is 1. The first kappa shape index (κ1) is 23.0. The van der Waals surface area contributed by atoms with Crippen LogP contribution in [0.2, 0.25) is 0 Å². The summed E-state index contributed by atoms with van der Waals surface area (Å²) in [5.41, 5.74) is 2.34. The number of Topliss-reactive ketones (excluding diaryl/α,β-unsaturated/α-hetero) is 1. The Balaban J connectivity index is 1.98. The van der Waals surface area contributed by atoms with Crippen LogP contribution in [0, 0.1) is 5.82 Å². The molecule has 0 aliphatic heterocycles. The molecule has 3 rings (SSSR count). The van der Waals surface area contributed by atoms with Crippen molar-refractivity contribution >= 4 is 17.5 Å². The number of benzene rings is 2. The van der Waals surface area contributed by atoms with E-state index in [1.54, 1.807) is 25.1 Å². The summed E-state index contributed by atoms with van der Waals surface area (Å²) in [7, 11) is 3.95. The molecule has 1 heterocycles. The third-order valence-corrected chi connectivity index (χ3v) is 5.99. The number of hydrogen-bond donors (Lipinski definition) is 0. The summed E-state index contributed by atoms with van der Waals surface area (Å²) < 4.78 is 21.2. The number of halogens is 1. The summed E-state index contributed by atoms with van der Waals surface area (Å²) in [5.74, 6) is 1.77. The molecule has 164 valence electrons. The molecule has 8 heteroatoms. The lowest BCUT2D eigenvalue weighted by atomic mass is 10.1. The molecule has 1 atom stereocenters. The monoisotopic (exact) mass is 442 g/mol. The number of ketones is 1. The Morgan fingerprint density at radius 2 is 1.90 bits per heavy atom. The van der Waals surface area contributed by atoms with Crippen molar-refractivity contribution in [3.63, 3.8) is 0 Å². The van der Waals surface area contributed by atoms with Crippen LogP contribution in [0.5, 0.6) is 5.75 Å². The minimum atomic E-state index is -0.296. The molecule has 0 bridgehead atoms. The van der Waals surface area contributed by atoms with E-state index in [2.05, 4.69) is 10.2 Å². The SMILES string of the molecule is CCOc1ccc(C(C)=O)cc1CSc1nnc([C@H](C)N(C)C)n1-c1ccc(F)cc1. The second-order valence-electron chi connectivity index (χ2n) is 7.39. The van der Waals surface area contributed by atoms with Crippen LogP contribution in [0.1, 0.15) is 48.6 Å². The van der Waals surface area contributed by atoms with Crippen LogP contribution in [0.3, 0.4) is 0 Å². The molecule has 0 amide bonds. The normalized spacial score (nSPS) is 12.2. The van der Waals surface area contributed by atoms with Crippen molar-refractivity contribution in [2.45, 2.75) is 37.7 Å². The molecular weight excluding hydrogens is 415 g/mol. The number of aromatic nitrogens is 3. The lowest BCUT2D eigenvalue weighted by Crippen LogP contribution is -2.20. The summed E-state index contributed by atoms with van der Waals surface area (Å²) in [4.78, 5) is 13.9. The lowest BCUT2D eigenvalue weighted by molar-refractivity contribution is 0.101. The zero-order chi connectivity index (χ0) is 22.5. The maximum atomic E-state index is 13.5. The van der Waals surface area contributed by atoms with Crippen LogP contribution in [0.4, 0.5) is 4.39 Å². The van der Waals surface area contributed by atoms with E-state index < -0.39 is 0 Å². The minimum Gasteiger partial charge on any atom is -0.494 e. The van der Waals surface area contributed by atoms with Crippen LogP contribution in [0.25, 0.3) is 5.69 Å². The highest BCUT2D eigenvalue weighted by atomic mass is 32.2. The largest absolute Gasteiger partial charge is 0.494 e. The van der Waals surface area contributed by atoms with Crippen LogP contribution >= 0.6 is 11.8 Å². The first-order valence-electron chi connectivity index (χ1n) is 10.1. The van der Waals surface area contributed by atoms with Gasteiger partial charge in [-0.2, -0.15) is 0 Å². The molecule has 0 unspecified atom stereocenters. The molecule has 0 saturated heterocycles. The van der Waals surface area contributed by atoms with E-state index >= 15 is 0 Å². The Morgan fingerprint density at radius 3 is 2.52 bits per heavy atom. The smallest absolute Gasteiger partial charge is 0.196 e. The fourth-order valence-corrected chi connectivity index (χ4v) is 4.00. The van der Waals surface area contributed by atoms with Gasteiger partial charge in [-0.05, 0) is 77.3 Å². The molecule has 31 heavy (non-hydrogen) atoms. The highest BCUT2D eigenvalue weighted by Crippen LogP contribution is 2.32. The van der Waals surface area contributed by atoms with Crippen LogP contribution in [-0.4, -0.2) is 46.1 Å². The van der Waals surface area contributed by atoms with E-state index in [1.807, 2.05) is 49.5 Å². The number of nitrogens with zero attached hydrogens (tertiary/aromatic N) is 4. The van der Waals surface area contributed by atoms with Gasteiger partial charge in [-0.15, -0.1) is 10.2 Å². The molecule has 2 aromatic carbocycles. The molecule has 0 fully saturated rings. The van der Waals surface area contributed by atoms with E-state index in [9.17, 15) is 9.18 Å². The lowest BCUT2D eigenvalue weighted by Gasteiger charge is -2.20. The van der Waals surface area contributed by atoms with Crippen molar-refractivity contribution in [2.75, 3.05) is 20.7 Å². The Bertz CT molecular complexity index is 1050. The second kappa shape index (κ2) is 10.1. The van der Waals surface area contributed by atoms with Gasteiger partial charge in [0.2, 0.25) is 0 Å². The summed E-state index contributed by atoms with van der Waals surface area (Å²) in [6.45, 7) is 6.05. The quantitative estimate of drug-likeness (QED) is 0.346. The Kier molecular flexibility index (Phi) is 7.46. The topological polar surface area (TPSA) is 60.2 Å².